The molecule has 0 N–H and O–H groups in total. The molecule has 4 nitrogen and oxygen atoms in total. The molecular formula is C17H15NO3. The SMILES string of the molecule is COc1cc(OC)c2cccc(Oc3ccccc3)c2n1. The molecule has 0 saturated carbocycles. The molecule has 0 atom stereocenters. The molecule has 0 radical (unpaired) electrons. The number of pyridine rings is 1. The lowest BCUT2D eigenvalue weighted by molar-refractivity contribution is 0.385. The summed E-state index contributed by atoms with van der Waals surface area (Å²) < 4.78 is 16.5. The van der Waals surface area contributed by atoms with Crippen molar-refractivity contribution in [3.8, 4) is 23.1 Å². The van der Waals surface area contributed by atoms with Gasteiger partial charge in [0.25, 0.3) is 0 Å². The molecule has 1 heterocycles. The lowest BCUT2D eigenvalue weighted by Gasteiger charge is -2.12. The van der Waals surface area contributed by atoms with Crippen LogP contribution < -0.4 is 14.2 Å². The van der Waals surface area contributed by atoms with Crippen LogP contribution in [-0.4, -0.2) is 19.2 Å². The second-order valence-electron chi connectivity index (χ2n) is 4.43. The van der Waals surface area contributed by atoms with E-state index in [1.165, 1.54) is 0 Å². The Kier molecular flexibility index (Phi) is 3.60. The minimum atomic E-state index is 0.489. The molecular weight excluding hydrogens is 266 g/mol. The largest absolute Gasteiger partial charge is 0.496 e. The maximum absolute atomic E-state index is 5.92. The minimum absolute atomic E-state index is 0.489. The fourth-order valence-corrected chi connectivity index (χ4v) is 2.14. The van der Waals surface area contributed by atoms with Gasteiger partial charge in [-0.25, -0.2) is 4.98 Å². The van der Waals surface area contributed by atoms with Gasteiger partial charge in [-0.1, -0.05) is 24.3 Å². The van der Waals surface area contributed by atoms with E-state index in [0.29, 0.717) is 22.9 Å². The van der Waals surface area contributed by atoms with Gasteiger partial charge in [0.1, 0.15) is 17.0 Å². The highest BCUT2D eigenvalue weighted by Crippen LogP contribution is 2.35. The van der Waals surface area contributed by atoms with Crippen LogP contribution in [0.2, 0.25) is 0 Å². The molecule has 0 saturated heterocycles. The molecule has 4 heteroatoms. The van der Waals surface area contributed by atoms with Crippen molar-refractivity contribution in [1.82, 2.24) is 4.98 Å². The number of ether oxygens (including phenoxy) is 3. The average Bonchev–Trinajstić information content (AvgIpc) is 2.55. The topological polar surface area (TPSA) is 40.6 Å². The van der Waals surface area contributed by atoms with Crippen molar-refractivity contribution < 1.29 is 14.2 Å². The zero-order valence-corrected chi connectivity index (χ0v) is 11.9. The Bertz CT molecular complexity index is 757. The van der Waals surface area contributed by atoms with Gasteiger partial charge in [0, 0.05) is 11.5 Å². The van der Waals surface area contributed by atoms with Crippen molar-refractivity contribution in [2.75, 3.05) is 14.2 Å². The van der Waals surface area contributed by atoms with Gasteiger partial charge in [0.05, 0.1) is 14.2 Å². The zero-order chi connectivity index (χ0) is 14.7. The number of aromatic nitrogens is 1. The van der Waals surface area contributed by atoms with Crippen molar-refractivity contribution in [1.29, 1.82) is 0 Å². The van der Waals surface area contributed by atoms with Crippen molar-refractivity contribution in [3.05, 3.63) is 54.6 Å². The summed E-state index contributed by atoms with van der Waals surface area (Å²) in [7, 11) is 3.20. The van der Waals surface area contributed by atoms with Crippen LogP contribution in [0.3, 0.4) is 0 Å². The number of hydrogen-bond donors (Lipinski definition) is 0. The summed E-state index contributed by atoms with van der Waals surface area (Å²) in [5, 5.41) is 0.881. The summed E-state index contributed by atoms with van der Waals surface area (Å²) in [6.07, 6.45) is 0. The van der Waals surface area contributed by atoms with E-state index in [0.717, 1.165) is 11.1 Å². The maximum atomic E-state index is 5.92. The Morgan fingerprint density at radius 3 is 2.33 bits per heavy atom. The van der Waals surface area contributed by atoms with Gasteiger partial charge >= 0.3 is 0 Å². The fraction of sp³-hybridized carbons (Fsp3) is 0.118. The Hall–Kier alpha value is -2.75. The smallest absolute Gasteiger partial charge is 0.217 e. The van der Waals surface area contributed by atoms with Crippen LogP contribution in [0.25, 0.3) is 10.9 Å². The molecule has 1 aromatic heterocycles. The number of methoxy groups -OCH3 is 2. The summed E-state index contributed by atoms with van der Waals surface area (Å²) in [4.78, 5) is 4.47. The molecule has 0 aliphatic heterocycles. The van der Waals surface area contributed by atoms with Crippen LogP contribution in [0, 0.1) is 0 Å². The molecule has 0 amide bonds. The van der Waals surface area contributed by atoms with E-state index in [2.05, 4.69) is 4.98 Å². The lowest BCUT2D eigenvalue weighted by Crippen LogP contribution is -1.94. The van der Waals surface area contributed by atoms with E-state index in [-0.39, 0.29) is 0 Å². The molecule has 0 aliphatic carbocycles. The summed E-state index contributed by atoms with van der Waals surface area (Å²) >= 11 is 0. The number of rotatable bonds is 4. The van der Waals surface area contributed by atoms with Crippen molar-refractivity contribution in [2.24, 2.45) is 0 Å². The Labute approximate surface area is 122 Å². The number of hydrogen-bond acceptors (Lipinski definition) is 4. The molecule has 21 heavy (non-hydrogen) atoms. The molecule has 0 aliphatic rings. The van der Waals surface area contributed by atoms with E-state index in [1.807, 2.05) is 48.5 Å². The van der Waals surface area contributed by atoms with Gasteiger partial charge in [-0.15, -0.1) is 0 Å². The first kappa shape index (κ1) is 13.2. The standard InChI is InChI=1S/C17H15NO3/c1-19-15-11-16(20-2)18-17-13(15)9-6-10-14(17)21-12-7-4-3-5-8-12/h3-11H,1-2H3. The number of nitrogens with zero attached hydrogens (tertiary/aromatic N) is 1. The first-order chi connectivity index (χ1) is 10.3. The Morgan fingerprint density at radius 2 is 1.62 bits per heavy atom. The van der Waals surface area contributed by atoms with E-state index >= 15 is 0 Å². The quantitative estimate of drug-likeness (QED) is 0.723. The van der Waals surface area contributed by atoms with Gasteiger partial charge in [-0.2, -0.15) is 0 Å². The van der Waals surface area contributed by atoms with Gasteiger partial charge < -0.3 is 14.2 Å². The van der Waals surface area contributed by atoms with Crippen LogP contribution in [0.15, 0.2) is 54.6 Å². The monoisotopic (exact) mass is 281 g/mol. The highest BCUT2D eigenvalue weighted by Gasteiger charge is 2.11. The molecule has 3 aromatic rings. The highest BCUT2D eigenvalue weighted by molar-refractivity contribution is 5.90. The molecule has 106 valence electrons. The Balaban J connectivity index is 2.14. The van der Waals surface area contributed by atoms with Crippen molar-refractivity contribution >= 4 is 10.9 Å². The minimum Gasteiger partial charge on any atom is -0.496 e. The van der Waals surface area contributed by atoms with Crippen LogP contribution in [0.4, 0.5) is 0 Å². The number of para-hydroxylation sites is 2. The molecule has 0 fully saturated rings. The van der Waals surface area contributed by atoms with Crippen molar-refractivity contribution in [3.63, 3.8) is 0 Å². The average molecular weight is 281 g/mol. The number of fused-ring (bicyclic) bond motifs is 1. The van der Waals surface area contributed by atoms with E-state index in [4.69, 9.17) is 14.2 Å². The van der Waals surface area contributed by atoms with Crippen molar-refractivity contribution in [2.45, 2.75) is 0 Å². The summed E-state index contributed by atoms with van der Waals surface area (Å²) in [6, 6.07) is 17.1. The zero-order valence-electron chi connectivity index (χ0n) is 11.9. The highest BCUT2D eigenvalue weighted by atomic mass is 16.5. The molecule has 0 unspecified atom stereocenters. The third-order valence-electron chi connectivity index (χ3n) is 3.14. The van der Waals surface area contributed by atoms with Gasteiger partial charge in [-0.3, -0.25) is 0 Å². The molecule has 0 bridgehead atoms. The van der Waals surface area contributed by atoms with Gasteiger partial charge in [-0.05, 0) is 24.3 Å². The van der Waals surface area contributed by atoms with E-state index in [1.54, 1.807) is 20.3 Å². The molecule has 2 aromatic carbocycles. The van der Waals surface area contributed by atoms with Crippen LogP contribution in [0.1, 0.15) is 0 Å². The summed E-state index contributed by atoms with van der Waals surface area (Å²) in [6.45, 7) is 0. The first-order valence-electron chi connectivity index (χ1n) is 6.56. The third-order valence-corrected chi connectivity index (χ3v) is 3.14. The molecule has 0 spiro atoms. The normalized spacial score (nSPS) is 10.4. The lowest BCUT2D eigenvalue weighted by atomic mass is 10.2. The third kappa shape index (κ3) is 2.60. The second kappa shape index (κ2) is 5.71. The van der Waals surface area contributed by atoms with Crippen LogP contribution >= 0.6 is 0 Å². The van der Waals surface area contributed by atoms with E-state index < -0.39 is 0 Å². The summed E-state index contributed by atoms with van der Waals surface area (Å²) in [5.74, 6) is 2.61. The predicted octanol–water partition coefficient (Wildman–Crippen LogP) is 4.04. The maximum Gasteiger partial charge on any atom is 0.217 e. The second-order valence-corrected chi connectivity index (χ2v) is 4.43. The van der Waals surface area contributed by atoms with E-state index in [9.17, 15) is 0 Å². The first-order valence-corrected chi connectivity index (χ1v) is 6.56. The van der Waals surface area contributed by atoms with Crippen LogP contribution in [-0.2, 0) is 0 Å². The Morgan fingerprint density at radius 1 is 0.810 bits per heavy atom. The molecule has 3 rings (SSSR count). The number of benzene rings is 2. The predicted molar refractivity (Wildman–Crippen MR) is 81.4 cm³/mol. The summed E-state index contributed by atoms with van der Waals surface area (Å²) in [5.41, 5.74) is 0.706. The van der Waals surface area contributed by atoms with Gasteiger partial charge in [0.15, 0.2) is 5.75 Å². The van der Waals surface area contributed by atoms with Crippen LogP contribution in [0.5, 0.6) is 23.1 Å². The fourth-order valence-electron chi connectivity index (χ4n) is 2.14. The van der Waals surface area contributed by atoms with Gasteiger partial charge in [0.2, 0.25) is 5.88 Å².